The van der Waals surface area contributed by atoms with Crippen molar-refractivity contribution in [1.29, 1.82) is 0 Å². The van der Waals surface area contributed by atoms with Crippen molar-refractivity contribution < 1.29 is 188 Å². The van der Waals surface area contributed by atoms with E-state index in [1.807, 2.05) is 0 Å². The minimum Gasteiger partial charge on any atom is -0.394 e. The summed E-state index contributed by atoms with van der Waals surface area (Å²) in [5.74, 6) is -1.88. The van der Waals surface area contributed by atoms with Crippen molar-refractivity contribution >= 4 is 11.8 Å². The molecule has 2 amide bonds. The number of hydrogen-bond acceptors (Lipinski definition) is 38. The van der Waals surface area contributed by atoms with Gasteiger partial charge in [0.2, 0.25) is 11.8 Å². The van der Waals surface area contributed by atoms with E-state index in [4.69, 9.17) is 71.1 Å². The molecule has 0 aromatic heterocycles. The predicted molar refractivity (Wildman–Crippen MR) is 283 cm³/mol. The number of carbonyl (C=O) groups is 2. The number of ether oxygens (including phenoxy) is 15. The first kappa shape index (κ1) is 75.3. The maximum Gasteiger partial charge on any atom is 0.217 e. The fourth-order valence-electron chi connectivity index (χ4n) is 12.1. The molecule has 0 bridgehead atoms. The van der Waals surface area contributed by atoms with Gasteiger partial charge in [0.1, 0.15) is 177 Å². The van der Waals surface area contributed by atoms with Gasteiger partial charge in [0, 0.05) is 13.8 Å². The number of aliphatic hydroxyl groups excluding tert-OH is 21. The number of hydrogen-bond donors (Lipinski definition) is 23. The van der Waals surface area contributed by atoms with Crippen LogP contribution in [-0.2, 0) is 80.6 Å². The Balaban J connectivity index is 1.15. The first-order valence-corrected chi connectivity index (χ1v) is 29.7. The zero-order valence-electron chi connectivity index (χ0n) is 50.0. The number of rotatable bonds is 21. The molecule has 8 fully saturated rings. The Labute approximate surface area is 522 Å². The van der Waals surface area contributed by atoms with Crippen LogP contribution in [0.5, 0.6) is 0 Å². The molecular weight excluding hydrogens is 1260 g/mol. The molecule has 0 aliphatic carbocycles. The van der Waals surface area contributed by atoms with Crippen molar-refractivity contribution in [1.82, 2.24) is 10.6 Å². The standard InChI is InChI=1S/C52H88N2O38/c1-11-23(62)28(67)32(71)48(78-11)89-41-21(53-14(4)60)46(86-40-18(8-57)81-45(77)36(75)44(40)92-50-34(73)30(69)25(64)13(3)80-50)84-20(10-59)39(41)88-52-37(76)43(27(66)17(7-56)83-52)91-47-22(54-15(5)61)42(90-49-33(72)29(68)24(63)12(2)79-49)38(19(9-58)85-47)87-51-35(74)31(70)26(65)16(6-55)82-51/h11-13,16-52,55-59,62-77H,6-10H2,1-5H3,(H,53,60)(H,54,61)/t11-,12-,13-,16+,17+,18+,19+,20+,21+,22+,23+,24+,25+,26-,27-,28+,29+,30+,31-,32-,33-,34-,35+,36+,37+,38+,39+,40+,41+,42+,43-,44+,45-,46-,47-,48-,49-,50-,51-,52-/m0/s1. The molecule has 0 unspecified atom stereocenters. The van der Waals surface area contributed by atoms with E-state index in [0.717, 1.165) is 13.8 Å². The first-order chi connectivity index (χ1) is 43.4. The summed E-state index contributed by atoms with van der Waals surface area (Å²) in [6.45, 7) is 0.293. The Morgan fingerprint density at radius 2 is 0.554 bits per heavy atom. The van der Waals surface area contributed by atoms with Crippen LogP contribution in [0.15, 0.2) is 0 Å². The Bertz CT molecular complexity index is 2330. The van der Waals surface area contributed by atoms with Crippen LogP contribution in [0.25, 0.3) is 0 Å². The van der Waals surface area contributed by atoms with Gasteiger partial charge in [-0.2, -0.15) is 0 Å². The summed E-state index contributed by atoms with van der Waals surface area (Å²) in [5.41, 5.74) is 0. The van der Waals surface area contributed by atoms with E-state index in [1.165, 1.54) is 20.8 Å². The van der Waals surface area contributed by atoms with Crippen LogP contribution in [0.4, 0.5) is 0 Å². The maximum absolute atomic E-state index is 13.4. The third-order valence-corrected chi connectivity index (χ3v) is 17.3. The molecule has 8 aliphatic rings. The van der Waals surface area contributed by atoms with E-state index in [0.29, 0.717) is 0 Å². The second kappa shape index (κ2) is 32.0. The quantitative estimate of drug-likeness (QED) is 0.0507. The minimum atomic E-state index is -2.41. The van der Waals surface area contributed by atoms with Crippen molar-refractivity contribution in [2.45, 2.75) is 280 Å². The van der Waals surface area contributed by atoms with E-state index >= 15 is 0 Å². The maximum atomic E-state index is 13.4. The average Bonchev–Trinajstić information content (AvgIpc) is 0.765. The number of nitrogens with one attached hydrogen (secondary N) is 2. The Morgan fingerprint density at radius 3 is 0.924 bits per heavy atom. The fourth-order valence-corrected chi connectivity index (χ4v) is 12.1. The van der Waals surface area contributed by atoms with Gasteiger partial charge in [-0.3, -0.25) is 9.59 Å². The van der Waals surface area contributed by atoms with Crippen LogP contribution in [0.3, 0.4) is 0 Å². The smallest absolute Gasteiger partial charge is 0.217 e. The summed E-state index contributed by atoms with van der Waals surface area (Å²) in [7, 11) is 0. The molecule has 534 valence electrons. The largest absolute Gasteiger partial charge is 0.394 e. The van der Waals surface area contributed by atoms with Crippen LogP contribution in [-0.4, -0.2) is 398 Å². The molecule has 8 saturated heterocycles. The molecule has 23 N–H and O–H groups in total. The third kappa shape index (κ3) is 15.8. The summed E-state index contributed by atoms with van der Waals surface area (Å²) in [5, 5.41) is 235. The molecule has 0 aromatic rings. The second-order valence-corrected chi connectivity index (χ2v) is 23.8. The van der Waals surface area contributed by atoms with E-state index in [1.54, 1.807) is 0 Å². The molecule has 40 nitrogen and oxygen atoms in total. The van der Waals surface area contributed by atoms with Crippen molar-refractivity contribution in [3.63, 3.8) is 0 Å². The van der Waals surface area contributed by atoms with Crippen LogP contribution in [0.1, 0.15) is 34.6 Å². The monoisotopic (exact) mass is 1350 g/mol. The fraction of sp³-hybridized carbons (Fsp3) is 0.962. The molecule has 8 aliphatic heterocycles. The summed E-state index contributed by atoms with van der Waals surface area (Å²) in [6, 6.07) is -3.84. The average molecular weight is 1350 g/mol. The Morgan fingerprint density at radius 1 is 0.283 bits per heavy atom. The lowest BCUT2D eigenvalue weighted by molar-refractivity contribution is -0.401. The predicted octanol–water partition coefficient (Wildman–Crippen LogP) is -15.1. The van der Waals surface area contributed by atoms with E-state index < -0.39 is 290 Å². The molecular formula is C52H88N2O38. The van der Waals surface area contributed by atoms with Crippen LogP contribution in [0.2, 0.25) is 0 Å². The highest BCUT2D eigenvalue weighted by atomic mass is 16.8. The van der Waals surface area contributed by atoms with E-state index in [-0.39, 0.29) is 0 Å². The van der Waals surface area contributed by atoms with Gasteiger partial charge in [-0.15, -0.1) is 0 Å². The summed E-state index contributed by atoms with van der Waals surface area (Å²) in [6.07, 6.45) is -73.8. The van der Waals surface area contributed by atoms with Crippen LogP contribution in [0, 0.1) is 0 Å². The molecule has 8 heterocycles. The molecule has 0 radical (unpaired) electrons. The van der Waals surface area contributed by atoms with Gasteiger partial charge in [0.15, 0.2) is 50.3 Å². The lowest BCUT2D eigenvalue weighted by Gasteiger charge is -2.52. The van der Waals surface area contributed by atoms with E-state index in [9.17, 15) is 117 Å². The molecule has 0 saturated carbocycles. The van der Waals surface area contributed by atoms with Crippen LogP contribution < -0.4 is 10.6 Å². The SMILES string of the molecule is CC(=O)N[C@H]1[C@H](O[C@H]2[C@@H](O)[C@@H](CO)O[C@@H](O[C@H]3[C@H](O[C@@H]4O[C@@H](C)[C@@H](O)[C@@H](O)[C@@H]4O)[C@@H](NC(C)=O)[C@H](O[C@H]4[C@H](O[C@@H]5O[C@@H](C)[C@@H](O)[C@@H](O)[C@@H]5O)[C@@H](O)[C@@H](O)O[C@@H]4CO)O[C@@H]3CO)[C@@H]2O)O[C@H](CO)[C@@H](O[C@@H]2O[C@H](CO)[C@H](O)[C@H](O)[C@H]2O)[C@@H]1O[C@@H]1O[C@@H](C)[C@@H](O)[C@@H](O)[C@@H]1O. The summed E-state index contributed by atoms with van der Waals surface area (Å²) >= 11 is 0. The Kier molecular flexibility index (Phi) is 26.2. The number of aliphatic hydroxyl groups is 21. The normalized spacial score (nSPS) is 52.1. The molecule has 0 spiro atoms. The minimum absolute atomic E-state index is 0.934. The van der Waals surface area contributed by atoms with Crippen molar-refractivity contribution in [2.75, 3.05) is 33.0 Å². The van der Waals surface area contributed by atoms with Gasteiger partial charge in [-0.1, -0.05) is 0 Å². The molecule has 40 atom stereocenters. The molecule has 8 rings (SSSR count). The van der Waals surface area contributed by atoms with Gasteiger partial charge >= 0.3 is 0 Å². The van der Waals surface area contributed by atoms with Gasteiger partial charge in [-0.25, -0.2) is 0 Å². The highest BCUT2D eigenvalue weighted by molar-refractivity contribution is 5.73. The highest BCUT2D eigenvalue weighted by Gasteiger charge is 2.61. The van der Waals surface area contributed by atoms with Crippen molar-refractivity contribution in [3.8, 4) is 0 Å². The molecule has 40 heteroatoms. The first-order valence-electron chi connectivity index (χ1n) is 29.7. The van der Waals surface area contributed by atoms with Crippen molar-refractivity contribution in [2.24, 2.45) is 0 Å². The second-order valence-electron chi connectivity index (χ2n) is 23.8. The number of carbonyl (C=O) groups excluding carboxylic acids is 2. The summed E-state index contributed by atoms with van der Waals surface area (Å²) < 4.78 is 89.7. The lowest BCUT2D eigenvalue weighted by atomic mass is 9.93. The van der Waals surface area contributed by atoms with Gasteiger partial charge < -0.3 is 189 Å². The number of amides is 2. The van der Waals surface area contributed by atoms with Gasteiger partial charge in [0.25, 0.3) is 0 Å². The lowest BCUT2D eigenvalue weighted by Crippen LogP contribution is -2.72. The highest BCUT2D eigenvalue weighted by Crippen LogP contribution is 2.40. The molecule has 0 aromatic carbocycles. The zero-order chi connectivity index (χ0) is 67.8. The summed E-state index contributed by atoms with van der Waals surface area (Å²) in [4.78, 5) is 26.6. The Hall–Kier alpha value is -2.50. The topological polar surface area (TPSA) is 621 Å². The van der Waals surface area contributed by atoms with E-state index in [2.05, 4.69) is 10.6 Å². The van der Waals surface area contributed by atoms with Crippen molar-refractivity contribution in [3.05, 3.63) is 0 Å². The zero-order valence-corrected chi connectivity index (χ0v) is 50.0. The van der Waals surface area contributed by atoms with Gasteiger partial charge in [0.05, 0.1) is 51.3 Å². The van der Waals surface area contributed by atoms with Gasteiger partial charge in [-0.05, 0) is 20.8 Å². The van der Waals surface area contributed by atoms with Crippen LogP contribution >= 0.6 is 0 Å². The third-order valence-electron chi connectivity index (χ3n) is 17.3. The molecule has 92 heavy (non-hydrogen) atoms.